The molecule has 15 heavy (non-hydrogen) atoms. The molecule has 0 bridgehead atoms. The Morgan fingerprint density at radius 3 is 2.67 bits per heavy atom. The lowest BCUT2D eigenvalue weighted by atomic mass is 10.1. The molecule has 0 radical (unpaired) electrons. The van der Waals surface area contributed by atoms with Crippen LogP contribution in [0, 0.1) is 5.92 Å². The van der Waals surface area contributed by atoms with Crippen molar-refractivity contribution in [2.75, 3.05) is 19.7 Å². The molecule has 4 heteroatoms. The summed E-state index contributed by atoms with van der Waals surface area (Å²) in [5, 5.41) is 18.6. The van der Waals surface area contributed by atoms with Crippen LogP contribution in [-0.2, 0) is 6.54 Å². The predicted molar refractivity (Wildman–Crippen MR) is 56.1 cm³/mol. The summed E-state index contributed by atoms with van der Waals surface area (Å²) in [7, 11) is 0. The zero-order valence-electron chi connectivity index (χ0n) is 8.58. The third-order valence-electron chi connectivity index (χ3n) is 2.87. The van der Waals surface area contributed by atoms with E-state index in [1.807, 2.05) is 12.1 Å². The van der Waals surface area contributed by atoms with Crippen LogP contribution in [0.25, 0.3) is 0 Å². The van der Waals surface area contributed by atoms with E-state index in [-0.39, 0.29) is 12.5 Å². The Morgan fingerprint density at radius 1 is 1.33 bits per heavy atom. The summed E-state index contributed by atoms with van der Waals surface area (Å²) in [6.45, 7) is 2.29. The molecule has 2 heterocycles. The molecule has 82 valence electrons. The molecule has 4 nitrogen and oxygen atoms in total. The molecule has 0 aliphatic carbocycles. The molecule has 0 saturated carbocycles. The average molecular weight is 208 g/mol. The summed E-state index contributed by atoms with van der Waals surface area (Å²) in [5.41, 5.74) is 1.19. The van der Waals surface area contributed by atoms with Gasteiger partial charge in [-0.25, -0.2) is 0 Å². The fraction of sp³-hybridized carbons (Fsp3) is 0.545. The maximum Gasteiger partial charge on any atom is 0.0729 e. The van der Waals surface area contributed by atoms with Crippen molar-refractivity contribution < 1.29 is 10.2 Å². The lowest BCUT2D eigenvalue weighted by molar-refractivity contribution is 0.103. The van der Waals surface area contributed by atoms with Gasteiger partial charge in [0.1, 0.15) is 0 Å². The molecule has 1 saturated heterocycles. The summed E-state index contributed by atoms with van der Waals surface area (Å²) in [6.07, 6.45) is 3.15. The van der Waals surface area contributed by atoms with Gasteiger partial charge in [0, 0.05) is 44.6 Å². The lowest BCUT2D eigenvalue weighted by Crippen LogP contribution is -2.21. The Bertz CT molecular complexity index is 305. The molecule has 0 spiro atoms. The first-order chi connectivity index (χ1) is 7.29. The van der Waals surface area contributed by atoms with Crippen LogP contribution < -0.4 is 0 Å². The average Bonchev–Trinajstić information content (AvgIpc) is 2.60. The molecule has 2 N–H and O–H groups in total. The number of aromatic nitrogens is 1. The number of nitrogens with zero attached hydrogens (tertiary/aromatic N) is 2. The van der Waals surface area contributed by atoms with E-state index in [0.717, 1.165) is 13.1 Å². The fourth-order valence-corrected chi connectivity index (χ4v) is 2.00. The number of pyridine rings is 1. The van der Waals surface area contributed by atoms with Gasteiger partial charge >= 0.3 is 0 Å². The van der Waals surface area contributed by atoms with Crippen molar-refractivity contribution >= 4 is 0 Å². The van der Waals surface area contributed by atoms with Crippen LogP contribution in [-0.4, -0.2) is 45.9 Å². The van der Waals surface area contributed by atoms with Crippen molar-refractivity contribution in [2.45, 2.75) is 12.6 Å². The third kappa shape index (κ3) is 2.53. The van der Waals surface area contributed by atoms with Crippen LogP contribution >= 0.6 is 0 Å². The number of likely N-dealkylation sites (tertiary alicyclic amines) is 1. The Balaban J connectivity index is 1.92. The minimum absolute atomic E-state index is 0.00633. The number of hydrogen-bond acceptors (Lipinski definition) is 4. The highest BCUT2D eigenvalue weighted by Crippen LogP contribution is 2.18. The molecular weight excluding hydrogens is 192 g/mol. The Kier molecular flexibility index (Phi) is 3.30. The number of aliphatic hydroxyl groups is 2. The SMILES string of the molecule is OC[C@H]1CN(Cc2ccncc2)C[C@@H]1O. The quantitative estimate of drug-likeness (QED) is 0.726. The molecule has 1 aliphatic rings. The molecule has 2 rings (SSSR count). The molecule has 1 aromatic heterocycles. The largest absolute Gasteiger partial charge is 0.396 e. The molecule has 0 aromatic carbocycles. The predicted octanol–water partition coefficient (Wildman–Crippen LogP) is -0.133. The number of hydrogen-bond donors (Lipinski definition) is 2. The monoisotopic (exact) mass is 208 g/mol. The van der Waals surface area contributed by atoms with E-state index in [9.17, 15) is 5.11 Å². The standard InChI is InChI=1S/C11H16N2O2/c14-8-10-6-13(7-11(10)15)5-9-1-3-12-4-2-9/h1-4,10-11,14-15H,5-8H2/t10-,11+/m1/s1. The number of β-amino-alcohol motifs (C(OH)–C–C–N with tert-alkyl or cyclic N) is 1. The first-order valence-corrected chi connectivity index (χ1v) is 5.20. The van der Waals surface area contributed by atoms with E-state index in [1.54, 1.807) is 12.4 Å². The van der Waals surface area contributed by atoms with Crippen LogP contribution in [0.1, 0.15) is 5.56 Å². The van der Waals surface area contributed by atoms with Crippen molar-refractivity contribution in [3.8, 4) is 0 Å². The van der Waals surface area contributed by atoms with Crippen LogP contribution in [0.2, 0.25) is 0 Å². The highest BCUT2D eigenvalue weighted by molar-refractivity contribution is 5.09. The van der Waals surface area contributed by atoms with Gasteiger partial charge < -0.3 is 10.2 Å². The Hall–Kier alpha value is -0.970. The molecule has 1 aliphatic heterocycles. The van der Waals surface area contributed by atoms with Gasteiger partial charge in [-0.15, -0.1) is 0 Å². The highest BCUT2D eigenvalue weighted by Gasteiger charge is 2.30. The van der Waals surface area contributed by atoms with Crippen molar-refractivity contribution in [1.82, 2.24) is 9.88 Å². The summed E-state index contributed by atoms with van der Waals surface area (Å²) < 4.78 is 0. The topological polar surface area (TPSA) is 56.6 Å². The van der Waals surface area contributed by atoms with E-state index in [1.165, 1.54) is 5.56 Å². The normalized spacial score (nSPS) is 27.1. The second kappa shape index (κ2) is 4.70. The second-order valence-corrected chi connectivity index (χ2v) is 4.06. The minimum atomic E-state index is -0.392. The van der Waals surface area contributed by atoms with Crippen LogP contribution in [0.15, 0.2) is 24.5 Å². The summed E-state index contributed by atoms with van der Waals surface area (Å²) in [5.74, 6) is 0.00633. The van der Waals surface area contributed by atoms with Gasteiger partial charge in [-0.3, -0.25) is 9.88 Å². The van der Waals surface area contributed by atoms with E-state index in [4.69, 9.17) is 5.11 Å². The fourth-order valence-electron chi connectivity index (χ4n) is 2.00. The van der Waals surface area contributed by atoms with Crippen molar-refractivity contribution in [1.29, 1.82) is 0 Å². The van der Waals surface area contributed by atoms with Crippen molar-refractivity contribution in [2.24, 2.45) is 5.92 Å². The lowest BCUT2D eigenvalue weighted by Gasteiger charge is -2.14. The van der Waals surface area contributed by atoms with Gasteiger partial charge in [0.25, 0.3) is 0 Å². The van der Waals surface area contributed by atoms with Crippen LogP contribution in [0.5, 0.6) is 0 Å². The first-order valence-electron chi connectivity index (χ1n) is 5.20. The van der Waals surface area contributed by atoms with Crippen molar-refractivity contribution in [3.05, 3.63) is 30.1 Å². The highest BCUT2D eigenvalue weighted by atomic mass is 16.3. The van der Waals surface area contributed by atoms with Gasteiger partial charge in [-0.2, -0.15) is 0 Å². The zero-order valence-corrected chi connectivity index (χ0v) is 8.58. The minimum Gasteiger partial charge on any atom is -0.396 e. The van der Waals surface area contributed by atoms with Gasteiger partial charge in [-0.05, 0) is 17.7 Å². The van der Waals surface area contributed by atoms with E-state index < -0.39 is 6.10 Å². The van der Waals surface area contributed by atoms with E-state index in [2.05, 4.69) is 9.88 Å². The number of rotatable bonds is 3. The van der Waals surface area contributed by atoms with Crippen LogP contribution in [0.3, 0.4) is 0 Å². The second-order valence-electron chi connectivity index (χ2n) is 4.06. The smallest absolute Gasteiger partial charge is 0.0729 e. The number of aliphatic hydroxyl groups excluding tert-OH is 2. The van der Waals surface area contributed by atoms with Gasteiger partial charge in [0.05, 0.1) is 6.10 Å². The molecular formula is C11H16N2O2. The first kappa shape index (κ1) is 10.5. The van der Waals surface area contributed by atoms with E-state index >= 15 is 0 Å². The van der Waals surface area contributed by atoms with E-state index in [0.29, 0.717) is 6.54 Å². The molecule has 1 fully saturated rings. The molecule has 0 unspecified atom stereocenters. The summed E-state index contributed by atoms with van der Waals surface area (Å²) >= 11 is 0. The van der Waals surface area contributed by atoms with Crippen molar-refractivity contribution in [3.63, 3.8) is 0 Å². The maximum atomic E-state index is 9.62. The molecule has 1 aromatic rings. The summed E-state index contributed by atoms with van der Waals surface area (Å²) in [6, 6.07) is 3.94. The maximum absolute atomic E-state index is 9.62. The molecule has 2 atom stereocenters. The van der Waals surface area contributed by atoms with Gasteiger partial charge in [-0.1, -0.05) is 0 Å². The molecule has 0 amide bonds. The Morgan fingerprint density at radius 2 is 2.07 bits per heavy atom. The summed E-state index contributed by atoms with van der Waals surface area (Å²) in [4.78, 5) is 6.11. The van der Waals surface area contributed by atoms with Gasteiger partial charge in [0.2, 0.25) is 0 Å². The third-order valence-corrected chi connectivity index (χ3v) is 2.87. The Labute approximate surface area is 89.2 Å². The zero-order chi connectivity index (χ0) is 10.7. The van der Waals surface area contributed by atoms with Gasteiger partial charge in [0.15, 0.2) is 0 Å². The van der Waals surface area contributed by atoms with Crippen LogP contribution in [0.4, 0.5) is 0 Å².